The number of nitrogens with zero attached hydrogens (tertiary/aromatic N) is 1. The van der Waals surface area contributed by atoms with E-state index in [1.54, 1.807) is 13.3 Å². The molecule has 1 aromatic heterocycles. The van der Waals surface area contributed by atoms with Crippen molar-refractivity contribution in [2.24, 2.45) is 0 Å². The first-order valence-electron chi connectivity index (χ1n) is 7.74. The van der Waals surface area contributed by atoms with Gasteiger partial charge in [0.15, 0.2) is 0 Å². The summed E-state index contributed by atoms with van der Waals surface area (Å²) in [5.41, 5.74) is 1.39. The van der Waals surface area contributed by atoms with Crippen LogP contribution in [0, 0.1) is 0 Å². The van der Waals surface area contributed by atoms with E-state index in [1.807, 2.05) is 31.2 Å². The summed E-state index contributed by atoms with van der Waals surface area (Å²) < 4.78 is 6.45. The summed E-state index contributed by atoms with van der Waals surface area (Å²) in [4.78, 5) is 24.1. The Hall–Kier alpha value is -2.11. The lowest BCUT2D eigenvalue weighted by molar-refractivity contribution is 0.0939. The molecule has 0 aliphatic carbocycles. The summed E-state index contributed by atoms with van der Waals surface area (Å²) in [7, 11) is 1.57. The minimum atomic E-state index is -0.206. The molecule has 1 amide bonds. The molecule has 0 spiro atoms. The van der Waals surface area contributed by atoms with Gasteiger partial charge in [-0.1, -0.05) is 23.7 Å². The second-order valence-corrected chi connectivity index (χ2v) is 6.08. The van der Waals surface area contributed by atoms with Crippen LogP contribution in [0.4, 0.5) is 0 Å². The van der Waals surface area contributed by atoms with Crippen molar-refractivity contribution in [2.75, 3.05) is 13.7 Å². The Kier molecular flexibility index (Phi) is 6.58. The Balaban J connectivity index is 2.00. The molecule has 1 aromatic carbocycles. The number of pyridine rings is 1. The zero-order chi connectivity index (χ0) is 17.5. The maximum Gasteiger partial charge on any atom is 0.252 e. The van der Waals surface area contributed by atoms with E-state index in [2.05, 4.69) is 5.32 Å². The average molecular weight is 349 g/mol. The first-order chi connectivity index (χ1) is 11.5. The largest absolute Gasteiger partial charge is 0.383 e. The number of rotatable bonds is 7. The summed E-state index contributed by atoms with van der Waals surface area (Å²) in [6.45, 7) is 2.77. The highest BCUT2D eigenvalue weighted by Crippen LogP contribution is 2.11. The molecule has 0 radical (unpaired) electrons. The second kappa shape index (κ2) is 8.66. The molecule has 0 aliphatic heterocycles. The third kappa shape index (κ3) is 5.22. The van der Waals surface area contributed by atoms with Crippen molar-refractivity contribution in [3.8, 4) is 0 Å². The molecular weight excluding hydrogens is 328 g/mol. The number of carbonyl (C=O) groups excluding carboxylic acids is 1. The van der Waals surface area contributed by atoms with Crippen LogP contribution in [0.15, 0.2) is 47.4 Å². The Bertz CT molecular complexity index is 741. The van der Waals surface area contributed by atoms with Crippen molar-refractivity contribution in [1.82, 2.24) is 9.88 Å². The zero-order valence-corrected chi connectivity index (χ0v) is 14.5. The van der Waals surface area contributed by atoms with Crippen molar-refractivity contribution in [3.63, 3.8) is 0 Å². The summed E-state index contributed by atoms with van der Waals surface area (Å²) >= 11 is 5.87. The van der Waals surface area contributed by atoms with E-state index in [0.717, 1.165) is 5.56 Å². The van der Waals surface area contributed by atoms with Crippen LogP contribution >= 0.6 is 11.6 Å². The molecule has 2 aromatic rings. The van der Waals surface area contributed by atoms with Gasteiger partial charge in [-0.05, 0) is 37.1 Å². The Morgan fingerprint density at radius 2 is 1.96 bits per heavy atom. The SMILES string of the molecule is COCCn1cc(C(=O)N[C@H](C)Cc2ccc(Cl)cc2)ccc1=O. The third-order valence-corrected chi connectivity index (χ3v) is 3.87. The van der Waals surface area contributed by atoms with E-state index in [-0.39, 0.29) is 17.5 Å². The molecule has 1 atom stereocenters. The maximum absolute atomic E-state index is 12.4. The minimum Gasteiger partial charge on any atom is -0.383 e. The maximum atomic E-state index is 12.4. The summed E-state index contributed by atoms with van der Waals surface area (Å²) in [6, 6.07) is 10.4. The summed E-state index contributed by atoms with van der Waals surface area (Å²) in [6.07, 6.45) is 2.26. The first-order valence-corrected chi connectivity index (χ1v) is 8.12. The molecule has 0 fully saturated rings. The lowest BCUT2D eigenvalue weighted by Gasteiger charge is -2.15. The topological polar surface area (TPSA) is 60.3 Å². The summed E-state index contributed by atoms with van der Waals surface area (Å²) in [5.74, 6) is -0.206. The van der Waals surface area contributed by atoms with Crippen LogP contribution < -0.4 is 10.9 Å². The molecule has 0 aliphatic rings. The van der Waals surface area contributed by atoms with Crippen LogP contribution in [0.3, 0.4) is 0 Å². The van der Waals surface area contributed by atoms with Gasteiger partial charge in [0.1, 0.15) is 0 Å². The number of nitrogens with one attached hydrogen (secondary N) is 1. The van der Waals surface area contributed by atoms with Crippen molar-refractivity contribution >= 4 is 17.5 Å². The number of amides is 1. The number of benzene rings is 1. The molecule has 5 nitrogen and oxygen atoms in total. The molecule has 0 unspecified atom stereocenters. The molecule has 24 heavy (non-hydrogen) atoms. The van der Waals surface area contributed by atoms with Crippen molar-refractivity contribution < 1.29 is 9.53 Å². The van der Waals surface area contributed by atoms with Gasteiger partial charge in [-0.3, -0.25) is 9.59 Å². The van der Waals surface area contributed by atoms with E-state index in [4.69, 9.17) is 16.3 Å². The van der Waals surface area contributed by atoms with Gasteiger partial charge in [0.05, 0.1) is 12.2 Å². The number of hydrogen-bond donors (Lipinski definition) is 1. The second-order valence-electron chi connectivity index (χ2n) is 5.65. The monoisotopic (exact) mass is 348 g/mol. The fourth-order valence-corrected chi connectivity index (χ4v) is 2.49. The van der Waals surface area contributed by atoms with Gasteiger partial charge in [-0.2, -0.15) is 0 Å². The van der Waals surface area contributed by atoms with Gasteiger partial charge in [0, 0.05) is 37.0 Å². The van der Waals surface area contributed by atoms with Crippen molar-refractivity contribution in [1.29, 1.82) is 0 Å². The van der Waals surface area contributed by atoms with E-state index in [9.17, 15) is 9.59 Å². The van der Waals surface area contributed by atoms with E-state index >= 15 is 0 Å². The number of methoxy groups -OCH3 is 1. The third-order valence-electron chi connectivity index (χ3n) is 3.61. The minimum absolute atomic E-state index is 0.0435. The fourth-order valence-electron chi connectivity index (χ4n) is 2.36. The molecule has 6 heteroatoms. The van der Waals surface area contributed by atoms with Crippen LogP contribution in [0.25, 0.3) is 0 Å². The van der Waals surface area contributed by atoms with Crippen LogP contribution in [0.2, 0.25) is 5.02 Å². The van der Waals surface area contributed by atoms with E-state index < -0.39 is 0 Å². The quantitative estimate of drug-likeness (QED) is 0.836. The molecule has 1 heterocycles. The fraction of sp³-hybridized carbons (Fsp3) is 0.333. The van der Waals surface area contributed by atoms with E-state index in [1.165, 1.54) is 16.7 Å². The lowest BCUT2D eigenvalue weighted by atomic mass is 10.1. The highest BCUT2D eigenvalue weighted by atomic mass is 35.5. The van der Waals surface area contributed by atoms with E-state index in [0.29, 0.717) is 30.2 Å². The van der Waals surface area contributed by atoms with Gasteiger partial charge in [0.25, 0.3) is 11.5 Å². The first kappa shape index (κ1) is 18.2. The Morgan fingerprint density at radius 3 is 2.62 bits per heavy atom. The Labute approximate surface area is 146 Å². The Morgan fingerprint density at radius 1 is 1.25 bits per heavy atom. The van der Waals surface area contributed by atoms with Gasteiger partial charge in [-0.15, -0.1) is 0 Å². The normalized spacial score (nSPS) is 12.0. The summed E-state index contributed by atoms with van der Waals surface area (Å²) in [5, 5.41) is 3.63. The number of halogens is 1. The van der Waals surface area contributed by atoms with Crippen molar-refractivity contribution in [3.05, 3.63) is 69.1 Å². The molecular formula is C18H21ClN2O3. The molecule has 1 N–H and O–H groups in total. The molecule has 0 bridgehead atoms. The highest BCUT2D eigenvalue weighted by molar-refractivity contribution is 6.30. The zero-order valence-electron chi connectivity index (χ0n) is 13.8. The molecule has 0 saturated carbocycles. The van der Waals surface area contributed by atoms with Gasteiger partial charge in [0.2, 0.25) is 0 Å². The lowest BCUT2D eigenvalue weighted by Crippen LogP contribution is -2.35. The van der Waals surface area contributed by atoms with Crippen LogP contribution in [0.1, 0.15) is 22.8 Å². The van der Waals surface area contributed by atoms with Crippen molar-refractivity contribution in [2.45, 2.75) is 25.9 Å². The molecule has 128 valence electrons. The van der Waals surface area contributed by atoms with Gasteiger partial charge >= 0.3 is 0 Å². The van der Waals surface area contributed by atoms with Gasteiger partial charge in [-0.25, -0.2) is 0 Å². The van der Waals surface area contributed by atoms with Crippen LogP contribution in [-0.4, -0.2) is 30.2 Å². The average Bonchev–Trinajstić information content (AvgIpc) is 2.56. The number of aromatic nitrogens is 1. The molecule has 2 rings (SSSR count). The number of carbonyl (C=O) groups is 1. The van der Waals surface area contributed by atoms with Crippen LogP contribution in [0.5, 0.6) is 0 Å². The van der Waals surface area contributed by atoms with Crippen LogP contribution in [-0.2, 0) is 17.7 Å². The predicted octanol–water partition coefficient (Wildman–Crippen LogP) is 2.51. The predicted molar refractivity (Wildman–Crippen MR) is 94.7 cm³/mol. The number of ether oxygens (including phenoxy) is 1. The smallest absolute Gasteiger partial charge is 0.252 e. The molecule has 0 saturated heterocycles. The standard InChI is InChI=1S/C18H21ClN2O3/c1-13(11-14-3-6-16(19)7-4-14)20-18(23)15-5-8-17(22)21(12-15)9-10-24-2/h3-8,12-13H,9-11H2,1-2H3,(H,20,23)/t13-/m1/s1. The highest BCUT2D eigenvalue weighted by Gasteiger charge is 2.11. The number of hydrogen-bond acceptors (Lipinski definition) is 3. The van der Waals surface area contributed by atoms with Gasteiger partial charge < -0.3 is 14.6 Å².